The van der Waals surface area contributed by atoms with Gasteiger partial charge in [-0.05, 0) is 53.6 Å². The number of nitrogen functional groups attached to an aromatic ring is 1. The van der Waals surface area contributed by atoms with Crippen LogP contribution in [-0.2, 0) is 10.7 Å². The van der Waals surface area contributed by atoms with Gasteiger partial charge < -0.3 is 5.73 Å². The topological polar surface area (TPSA) is 43.1 Å². The largest absolute Gasteiger partial charge is 0.398 e. The van der Waals surface area contributed by atoms with Crippen molar-refractivity contribution in [1.82, 2.24) is 0 Å². The molecule has 0 aromatic heterocycles. The normalized spacial score (nSPS) is 13.3. The number of rotatable bonds is 7. The average molecular weight is 404 g/mol. The van der Waals surface area contributed by atoms with Gasteiger partial charge in [0, 0.05) is 29.3 Å². The van der Waals surface area contributed by atoms with E-state index in [9.17, 15) is 4.79 Å². The average Bonchev–Trinajstić information content (AvgIpc) is 2.65. The molecule has 4 heteroatoms. The van der Waals surface area contributed by atoms with Crippen molar-refractivity contribution in [2.75, 3.05) is 12.4 Å². The van der Waals surface area contributed by atoms with Gasteiger partial charge in [-0.15, -0.1) is 11.6 Å². The lowest BCUT2D eigenvalue weighted by molar-refractivity contribution is -0.127. The Morgan fingerprint density at radius 2 is 1.89 bits per heavy atom. The fourth-order valence-electron chi connectivity index (χ4n) is 3.89. The number of carbonyl (C=O) groups is 1. The van der Waals surface area contributed by atoms with E-state index in [1.807, 2.05) is 6.92 Å². The molecule has 0 amide bonds. The van der Waals surface area contributed by atoms with Crippen molar-refractivity contribution in [3.05, 3.63) is 58.1 Å². The molecule has 0 radical (unpaired) electrons. The maximum atomic E-state index is 12.9. The van der Waals surface area contributed by atoms with Crippen LogP contribution in [0.1, 0.15) is 60.9 Å². The fourth-order valence-corrected chi connectivity index (χ4v) is 4.89. The van der Waals surface area contributed by atoms with Crippen molar-refractivity contribution in [3.8, 4) is 0 Å². The maximum absolute atomic E-state index is 12.9. The molecule has 0 saturated carbocycles. The first-order valence-electron chi connectivity index (χ1n) is 9.44. The molecule has 27 heavy (non-hydrogen) atoms. The number of hydrogen-bond donors (Lipinski definition) is 1. The lowest BCUT2D eigenvalue weighted by atomic mass is 9.67. The maximum Gasteiger partial charge on any atom is 0.139 e. The van der Waals surface area contributed by atoms with Crippen LogP contribution in [0.2, 0.25) is 0 Å². The van der Waals surface area contributed by atoms with E-state index in [0.29, 0.717) is 20.9 Å². The van der Waals surface area contributed by atoms with Crippen molar-refractivity contribution in [2.45, 2.75) is 52.8 Å². The highest BCUT2D eigenvalue weighted by molar-refractivity contribution is 7.46. The zero-order chi connectivity index (χ0) is 20.4. The molecular formula is C23H31ClNOP. The predicted octanol–water partition coefficient (Wildman–Crippen LogP) is 5.70. The second-order valence-electron chi connectivity index (χ2n) is 7.74. The zero-order valence-electron chi connectivity index (χ0n) is 17.2. The predicted molar refractivity (Wildman–Crippen MR) is 121 cm³/mol. The lowest BCUT2D eigenvalue weighted by Gasteiger charge is -2.35. The fraction of sp³-hybridized carbons (Fsp3) is 0.435. The number of alkyl halides is 1. The molecule has 0 aliphatic carbocycles. The Hall–Kier alpha value is -1.37. The highest BCUT2D eigenvalue weighted by Crippen LogP contribution is 2.44. The van der Waals surface area contributed by atoms with E-state index in [2.05, 4.69) is 64.7 Å². The molecular weight excluding hydrogens is 373 g/mol. The highest BCUT2D eigenvalue weighted by Gasteiger charge is 2.38. The molecule has 2 N–H and O–H groups in total. The number of halogens is 1. The molecule has 0 spiro atoms. The summed E-state index contributed by atoms with van der Waals surface area (Å²) in [6.07, 6.45) is 0.515. The Bertz CT molecular complexity index is 845. The second kappa shape index (κ2) is 8.76. The molecule has 2 rings (SSSR count). The second-order valence-corrected chi connectivity index (χ2v) is 9.05. The molecule has 0 aliphatic rings. The summed E-state index contributed by atoms with van der Waals surface area (Å²) in [5, 5.41) is 1.18. The van der Waals surface area contributed by atoms with Crippen molar-refractivity contribution >= 4 is 37.0 Å². The molecule has 2 atom stereocenters. The number of Topliss-reactive ketones (excluding diaryl/α,β-unsaturated/α-hetero) is 1. The van der Waals surface area contributed by atoms with Crippen LogP contribution in [0, 0.1) is 19.3 Å². The number of anilines is 1. The van der Waals surface area contributed by atoms with E-state index in [1.165, 1.54) is 10.9 Å². The minimum atomic E-state index is -0.541. The molecule has 146 valence electrons. The lowest BCUT2D eigenvalue weighted by Crippen LogP contribution is -2.33. The molecule has 0 fully saturated rings. The van der Waals surface area contributed by atoms with Gasteiger partial charge in [0.1, 0.15) is 5.78 Å². The number of nitrogens with two attached hydrogens (primary N) is 1. The number of carbonyl (C=O) groups excluding carboxylic acids is 1. The van der Waals surface area contributed by atoms with Crippen LogP contribution in [0.5, 0.6) is 0 Å². The van der Waals surface area contributed by atoms with E-state index in [4.69, 9.17) is 17.3 Å². The van der Waals surface area contributed by atoms with Crippen LogP contribution in [0.4, 0.5) is 5.69 Å². The first-order chi connectivity index (χ1) is 12.7. The van der Waals surface area contributed by atoms with Crippen molar-refractivity contribution in [1.29, 1.82) is 0 Å². The standard InChI is InChI=1S/C23H31ClNOP/c1-7-20(26)23(4,5)21(16-9-8-14(2)17(12-16)13-24)18-10-11-19(27-6)22(25)15(18)3/h8-12,21,27H,7,13,25H2,1-6H3. The van der Waals surface area contributed by atoms with Crippen molar-refractivity contribution in [3.63, 3.8) is 0 Å². The molecule has 2 aromatic rings. The zero-order valence-corrected chi connectivity index (χ0v) is 19.0. The summed E-state index contributed by atoms with van der Waals surface area (Å²) in [5.74, 6) is 0.648. The third-order valence-electron chi connectivity index (χ3n) is 5.75. The third kappa shape index (κ3) is 4.23. The first-order valence-corrected chi connectivity index (χ1v) is 11.5. The minimum absolute atomic E-state index is 0.0657. The minimum Gasteiger partial charge on any atom is -0.398 e. The van der Waals surface area contributed by atoms with Gasteiger partial charge in [-0.2, -0.15) is 0 Å². The Balaban J connectivity index is 2.76. The van der Waals surface area contributed by atoms with Crippen molar-refractivity contribution < 1.29 is 4.79 Å². The van der Waals surface area contributed by atoms with E-state index in [0.717, 1.165) is 27.9 Å². The molecule has 0 heterocycles. The van der Waals surface area contributed by atoms with Crippen LogP contribution in [0.15, 0.2) is 30.3 Å². The van der Waals surface area contributed by atoms with Crippen LogP contribution in [0.25, 0.3) is 0 Å². The van der Waals surface area contributed by atoms with E-state index >= 15 is 0 Å². The van der Waals surface area contributed by atoms with E-state index in [-0.39, 0.29) is 11.7 Å². The molecule has 2 aromatic carbocycles. The van der Waals surface area contributed by atoms with Crippen LogP contribution in [-0.4, -0.2) is 12.4 Å². The molecule has 2 nitrogen and oxygen atoms in total. The summed E-state index contributed by atoms with van der Waals surface area (Å²) in [6, 6.07) is 10.7. The first kappa shape index (κ1) is 21.9. The van der Waals surface area contributed by atoms with Gasteiger partial charge in [0.2, 0.25) is 0 Å². The summed E-state index contributed by atoms with van der Waals surface area (Å²) in [6.45, 7) is 12.3. The van der Waals surface area contributed by atoms with Crippen LogP contribution < -0.4 is 11.0 Å². The number of benzene rings is 2. The monoisotopic (exact) mass is 403 g/mol. The van der Waals surface area contributed by atoms with Crippen LogP contribution in [0.3, 0.4) is 0 Å². The Kier molecular flexibility index (Phi) is 7.11. The van der Waals surface area contributed by atoms with Gasteiger partial charge in [0.05, 0.1) is 0 Å². The number of hydrogen-bond acceptors (Lipinski definition) is 2. The quantitative estimate of drug-likeness (QED) is 0.366. The molecule has 0 aliphatic heterocycles. The Labute approximate surface area is 170 Å². The summed E-state index contributed by atoms with van der Waals surface area (Å²) >= 11 is 6.17. The van der Waals surface area contributed by atoms with Gasteiger partial charge in [-0.1, -0.05) is 59.7 Å². The summed E-state index contributed by atoms with van der Waals surface area (Å²) < 4.78 is 0. The van der Waals surface area contributed by atoms with E-state index in [1.54, 1.807) is 0 Å². The van der Waals surface area contributed by atoms with Gasteiger partial charge in [0.25, 0.3) is 0 Å². The number of ketones is 1. The molecule has 2 unspecified atom stereocenters. The molecule has 0 saturated heterocycles. The summed E-state index contributed by atoms with van der Waals surface area (Å²) in [5.41, 5.74) is 12.4. The SMILES string of the molecule is CCC(=O)C(C)(C)C(c1ccc(C)c(CCl)c1)c1ccc(PC)c(N)c1C. The summed E-state index contributed by atoms with van der Waals surface area (Å²) in [7, 11) is 0.651. The number of aryl methyl sites for hydroxylation is 1. The molecule has 0 bridgehead atoms. The highest BCUT2D eigenvalue weighted by atomic mass is 35.5. The van der Waals surface area contributed by atoms with Crippen molar-refractivity contribution in [2.24, 2.45) is 5.41 Å². The van der Waals surface area contributed by atoms with Gasteiger partial charge >= 0.3 is 0 Å². The Morgan fingerprint density at radius 1 is 1.22 bits per heavy atom. The van der Waals surface area contributed by atoms with Gasteiger partial charge in [-0.25, -0.2) is 0 Å². The smallest absolute Gasteiger partial charge is 0.139 e. The van der Waals surface area contributed by atoms with E-state index < -0.39 is 5.41 Å². The third-order valence-corrected chi connectivity index (χ3v) is 7.01. The van der Waals surface area contributed by atoms with Crippen LogP contribution >= 0.6 is 20.2 Å². The Morgan fingerprint density at radius 3 is 2.44 bits per heavy atom. The van der Waals surface area contributed by atoms with Gasteiger partial charge in [-0.3, -0.25) is 4.79 Å². The summed E-state index contributed by atoms with van der Waals surface area (Å²) in [4.78, 5) is 12.9. The van der Waals surface area contributed by atoms with Gasteiger partial charge in [0.15, 0.2) is 0 Å².